The molecule has 2 heterocycles. The number of carbonyl (C=O) groups is 4. The van der Waals surface area contributed by atoms with Crippen LogP contribution in [0.4, 0.5) is 4.79 Å². The van der Waals surface area contributed by atoms with Crippen LogP contribution < -0.4 is 10.6 Å². The Morgan fingerprint density at radius 1 is 1.04 bits per heavy atom. The van der Waals surface area contributed by atoms with Crippen LogP contribution in [0, 0.1) is 0 Å². The second kappa shape index (κ2) is 8.85. The largest absolute Gasteiger partial charge is 0.379 e. The number of nitrogens with zero attached hydrogens (tertiary/aromatic N) is 2. The van der Waals surface area contributed by atoms with Crippen molar-refractivity contribution in [3.63, 3.8) is 0 Å². The summed E-state index contributed by atoms with van der Waals surface area (Å²) in [6, 6.07) is 0. The Hall–Kier alpha value is -1.65. The lowest BCUT2D eigenvalue weighted by Crippen LogP contribution is -2.46. The maximum absolute atomic E-state index is 11.6. The predicted octanol–water partition coefficient (Wildman–Crippen LogP) is -1.75. The first-order valence-corrected chi connectivity index (χ1v) is 8.40. The molecule has 0 aromatic heterocycles. The number of nitrogens with one attached hydrogen (secondary N) is 2. The fourth-order valence-electron chi connectivity index (χ4n) is 2.19. The number of thioether (sulfide) groups is 1. The Bertz CT molecular complexity index is 465. The van der Waals surface area contributed by atoms with Gasteiger partial charge in [0, 0.05) is 39.3 Å². The minimum absolute atomic E-state index is 0.0633. The van der Waals surface area contributed by atoms with Gasteiger partial charge in [-0.15, -0.1) is 0 Å². The van der Waals surface area contributed by atoms with E-state index in [0.29, 0.717) is 26.3 Å². The summed E-state index contributed by atoms with van der Waals surface area (Å²) < 4.78 is 5.22. The molecule has 9 nitrogen and oxygen atoms in total. The minimum atomic E-state index is -0.765. The molecule has 0 spiro atoms. The van der Waals surface area contributed by atoms with Crippen LogP contribution >= 0.6 is 11.8 Å². The molecule has 2 aliphatic heterocycles. The fraction of sp³-hybridized carbons (Fsp3) is 0.692. The lowest BCUT2D eigenvalue weighted by Gasteiger charge is -2.26. The van der Waals surface area contributed by atoms with Gasteiger partial charge in [0.25, 0.3) is 5.24 Å². The first kappa shape index (κ1) is 17.7. The van der Waals surface area contributed by atoms with E-state index in [9.17, 15) is 19.2 Å². The summed E-state index contributed by atoms with van der Waals surface area (Å²) in [6.07, 6.45) is 0. The smallest absolute Gasteiger partial charge is 0.309 e. The van der Waals surface area contributed by atoms with Crippen molar-refractivity contribution in [3.8, 4) is 0 Å². The maximum atomic E-state index is 11.6. The molecular weight excluding hydrogens is 324 g/mol. The summed E-state index contributed by atoms with van der Waals surface area (Å²) in [5.74, 6) is -1.62. The Balaban J connectivity index is 1.58. The Morgan fingerprint density at radius 3 is 2.22 bits per heavy atom. The topological polar surface area (TPSA) is 108 Å². The van der Waals surface area contributed by atoms with Gasteiger partial charge in [-0.2, -0.15) is 0 Å². The van der Waals surface area contributed by atoms with Crippen molar-refractivity contribution >= 4 is 34.7 Å². The van der Waals surface area contributed by atoms with E-state index in [2.05, 4.69) is 15.5 Å². The quantitative estimate of drug-likeness (QED) is 0.550. The number of rotatable bonds is 6. The fourth-order valence-corrected chi connectivity index (χ4v) is 2.94. The molecule has 0 atom stereocenters. The van der Waals surface area contributed by atoms with Crippen molar-refractivity contribution in [2.24, 2.45) is 0 Å². The maximum Gasteiger partial charge on any atom is 0.309 e. The molecule has 2 aliphatic rings. The number of morpholine rings is 1. The third kappa shape index (κ3) is 5.48. The van der Waals surface area contributed by atoms with Crippen LogP contribution in [0.5, 0.6) is 0 Å². The lowest BCUT2D eigenvalue weighted by molar-refractivity contribution is -0.139. The Labute approximate surface area is 138 Å². The highest BCUT2D eigenvalue weighted by molar-refractivity contribution is 8.14. The molecule has 0 aromatic rings. The predicted molar refractivity (Wildman–Crippen MR) is 82.8 cm³/mol. The van der Waals surface area contributed by atoms with Crippen LogP contribution in [0.1, 0.15) is 0 Å². The van der Waals surface area contributed by atoms with Gasteiger partial charge in [-0.3, -0.25) is 29.0 Å². The molecule has 10 heteroatoms. The molecule has 2 fully saturated rings. The third-order valence-corrected chi connectivity index (χ3v) is 4.34. The molecule has 0 bridgehead atoms. The summed E-state index contributed by atoms with van der Waals surface area (Å²) in [4.78, 5) is 49.2. The summed E-state index contributed by atoms with van der Waals surface area (Å²) in [6.45, 7) is 4.19. The van der Waals surface area contributed by atoms with E-state index in [1.165, 1.54) is 0 Å². The van der Waals surface area contributed by atoms with Gasteiger partial charge in [0.1, 0.15) is 0 Å². The standard InChI is InChI=1S/C13H20N4O5S/c18-10-9-23-13(21)17(10)4-2-15-12(20)11(19)14-1-3-16-5-7-22-8-6-16/h1-9H2,(H,14,19)(H,15,20). The van der Waals surface area contributed by atoms with E-state index in [1.807, 2.05) is 0 Å². The second-order valence-electron chi connectivity index (χ2n) is 5.07. The Morgan fingerprint density at radius 2 is 1.65 bits per heavy atom. The summed E-state index contributed by atoms with van der Waals surface area (Å²) >= 11 is 0.935. The van der Waals surface area contributed by atoms with Crippen molar-refractivity contribution in [1.82, 2.24) is 20.4 Å². The summed E-state index contributed by atoms with van der Waals surface area (Å²) in [5.41, 5.74) is 0. The van der Waals surface area contributed by atoms with Gasteiger partial charge in [0.05, 0.1) is 19.0 Å². The SMILES string of the molecule is O=C(NCCN1CCOCC1)C(=O)NCCN1C(=O)CSC1=O. The first-order valence-electron chi connectivity index (χ1n) is 7.41. The summed E-state index contributed by atoms with van der Waals surface area (Å²) in [7, 11) is 0. The third-order valence-electron chi connectivity index (χ3n) is 3.49. The van der Waals surface area contributed by atoms with Crippen molar-refractivity contribution in [2.45, 2.75) is 0 Å². The van der Waals surface area contributed by atoms with Gasteiger partial charge in [-0.25, -0.2) is 0 Å². The first-order chi connectivity index (χ1) is 11.1. The molecule has 0 radical (unpaired) electrons. The molecule has 0 aromatic carbocycles. The van der Waals surface area contributed by atoms with Crippen molar-refractivity contribution in [1.29, 1.82) is 0 Å². The van der Waals surface area contributed by atoms with Crippen molar-refractivity contribution in [2.75, 3.05) is 58.2 Å². The monoisotopic (exact) mass is 344 g/mol. The van der Waals surface area contributed by atoms with E-state index in [0.717, 1.165) is 29.8 Å². The molecule has 2 saturated heterocycles. The zero-order valence-corrected chi connectivity index (χ0v) is 13.5. The van der Waals surface area contributed by atoms with Crippen LogP contribution in [0.25, 0.3) is 0 Å². The number of carbonyl (C=O) groups excluding carboxylic acids is 4. The second-order valence-corrected chi connectivity index (χ2v) is 5.99. The Kier molecular flexibility index (Phi) is 6.81. The van der Waals surface area contributed by atoms with E-state index in [1.54, 1.807) is 0 Å². The van der Waals surface area contributed by atoms with E-state index in [4.69, 9.17) is 4.74 Å². The zero-order valence-electron chi connectivity index (χ0n) is 12.7. The molecule has 0 saturated carbocycles. The molecule has 0 unspecified atom stereocenters. The van der Waals surface area contributed by atoms with Crippen LogP contribution in [-0.4, -0.2) is 91.0 Å². The molecule has 4 amide bonds. The number of hydrogen-bond acceptors (Lipinski definition) is 7. The average Bonchev–Trinajstić information content (AvgIpc) is 2.87. The van der Waals surface area contributed by atoms with E-state index in [-0.39, 0.29) is 30.0 Å². The van der Waals surface area contributed by atoms with Gasteiger partial charge in [-0.1, -0.05) is 11.8 Å². The van der Waals surface area contributed by atoms with Crippen LogP contribution in [0.2, 0.25) is 0 Å². The van der Waals surface area contributed by atoms with Gasteiger partial charge in [0.15, 0.2) is 0 Å². The van der Waals surface area contributed by atoms with E-state index >= 15 is 0 Å². The molecule has 128 valence electrons. The highest BCUT2D eigenvalue weighted by Gasteiger charge is 2.29. The van der Waals surface area contributed by atoms with Gasteiger partial charge in [0.2, 0.25) is 5.91 Å². The molecule has 0 aliphatic carbocycles. The number of hydrogen-bond donors (Lipinski definition) is 2. The zero-order chi connectivity index (χ0) is 16.7. The molecule has 2 rings (SSSR count). The molecule has 2 N–H and O–H groups in total. The average molecular weight is 344 g/mol. The highest BCUT2D eigenvalue weighted by Crippen LogP contribution is 2.17. The van der Waals surface area contributed by atoms with Crippen LogP contribution in [-0.2, 0) is 19.1 Å². The summed E-state index contributed by atoms with van der Waals surface area (Å²) in [5, 5.41) is 4.62. The van der Waals surface area contributed by atoms with Gasteiger partial charge < -0.3 is 15.4 Å². The minimum Gasteiger partial charge on any atom is -0.379 e. The number of ether oxygens (including phenoxy) is 1. The van der Waals surface area contributed by atoms with Crippen LogP contribution in [0.3, 0.4) is 0 Å². The van der Waals surface area contributed by atoms with Gasteiger partial charge >= 0.3 is 11.8 Å². The lowest BCUT2D eigenvalue weighted by atomic mass is 10.4. The van der Waals surface area contributed by atoms with Crippen molar-refractivity contribution < 1.29 is 23.9 Å². The highest BCUT2D eigenvalue weighted by atomic mass is 32.2. The van der Waals surface area contributed by atoms with Crippen LogP contribution in [0.15, 0.2) is 0 Å². The van der Waals surface area contributed by atoms with E-state index < -0.39 is 11.8 Å². The normalized spacial score (nSPS) is 19.0. The number of imide groups is 1. The van der Waals surface area contributed by atoms with Gasteiger partial charge in [-0.05, 0) is 0 Å². The number of amides is 4. The van der Waals surface area contributed by atoms with Crippen molar-refractivity contribution in [3.05, 3.63) is 0 Å². The molecule has 23 heavy (non-hydrogen) atoms. The molecular formula is C13H20N4O5S.